The molecule has 1 aliphatic carbocycles. The van der Waals surface area contributed by atoms with Crippen molar-refractivity contribution in [1.82, 2.24) is 19.8 Å². The number of nitrogens with zero attached hydrogens (tertiary/aromatic N) is 5. The topological polar surface area (TPSA) is 79.7 Å². The van der Waals surface area contributed by atoms with Crippen molar-refractivity contribution in [2.24, 2.45) is 4.99 Å². The first kappa shape index (κ1) is 27.5. The summed E-state index contributed by atoms with van der Waals surface area (Å²) in [4.78, 5) is 36.4. The van der Waals surface area contributed by atoms with Crippen molar-refractivity contribution in [3.63, 3.8) is 0 Å². The first-order chi connectivity index (χ1) is 20.0. The fourth-order valence-electron chi connectivity index (χ4n) is 6.23. The van der Waals surface area contributed by atoms with Gasteiger partial charge in [0.15, 0.2) is 0 Å². The van der Waals surface area contributed by atoms with Crippen LogP contribution in [0.15, 0.2) is 96.0 Å². The summed E-state index contributed by atoms with van der Waals surface area (Å²) in [5.41, 5.74) is 5.14. The standard InChI is InChI=1S/C32H35N5O3S/c1-2-16-35-21-30(39)37-27(18-24-11-13-26(38)14-12-24)32(40)34(19-25-9-6-10-28-31(25)33-22-41-28)20-29(37)36(35)17-15-23-7-4-3-5-8-23/h2-14,22,27-29,31,38H,1,15-21H2. The van der Waals surface area contributed by atoms with Gasteiger partial charge in [-0.15, -0.1) is 18.3 Å². The van der Waals surface area contributed by atoms with Crippen LogP contribution in [0.3, 0.4) is 0 Å². The number of allylic oxidation sites excluding steroid dienone is 2. The van der Waals surface area contributed by atoms with E-state index in [9.17, 15) is 14.7 Å². The Morgan fingerprint density at radius 3 is 2.66 bits per heavy atom. The van der Waals surface area contributed by atoms with Gasteiger partial charge in [0.25, 0.3) is 0 Å². The number of rotatable bonds is 9. The summed E-state index contributed by atoms with van der Waals surface area (Å²) in [5, 5.41) is 14.4. The van der Waals surface area contributed by atoms with Crippen LogP contribution in [0.5, 0.6) is 5.75 Å². The van der Waals surface area contributed by atoms with Gasteiger partial charge in [0.2, 0.25) is 11.8 Å². The molecule has 0 bridgehead atoms. The fraction of sp³-hybridized carbons (Fsp3) is 0.344. The van der Waals surface area contributed by atoms with Crippen LogP contribution in [0.25, 0.3) is 0 Å². The number of phenolic OH excluding ortho intramolecular Hbond substituents is 1. The summed E-state index contributed by atoms with van der Waals surface area (Å²) in [6, 6.07) is 16.6. The van der Waals surface area contributed by atoms with Crippen molar-refractivity contribution in [2.75, 3.05) is 32.7 Å². The van der Waals surface area contributed by atoms with E-state index in [1.54, 1.807) is 23.9 Å². The molecule has 3 aliphatic heterocycles. The molecule has 41 heavy (non-hydrogen) atoms. The molecule has 2 amide bonds. The van der Waals surface area contributed by atoms with E-state index in [1.807, 2.05) is 51.8 Å². The Labute approximate surface area is 245 Å². The molecule has 2 saturated heterocycles. The van der Waals surface area contributed by atoms with Crippen LogP contribution in [-0.4, -0.2) is 98.5 Å². The lowest BCUT2D eigenvalue weighted by molar-refractivity contribution is -0.200. The molecule has 2 aromatic rings. The van der Waals surface area contributed by atoms with Crippen molar-refractivity contribution in [3.8, 4) is 5.75 Å². The molecule has 0 saturated carbocycles. The largest absolute Gasteiger partial charge is 0.508 e. The number of thioether (sulfide) groups is 1. The molecule has 8 nitrogen and oxygen atoms in total. The molecule has 2 fully saturated rings. The molecule has 212 valence electrons. The van der Waals surface area contributed by atoms with Crippen LogP contribution < -0.4 is 0 Å². The summed E-state index contributed by atoms with van der Waals surface area (Å²) in [7, 11) is 0. The number of benzene rings is 2. The molecule has 9 heteroatoms. The van der Waals surface area contributed by atoms with Gasteiger partial charge in [-0.25, -0.2) is 10.0 Å². The van der Waals surface area contributed by atoms with Crippen LogP contribution in [0.2, 0.25) is 0 Å². The molecule has 1 N–H and O–H groups in total. The van der Waals surface area contributed by atoms with Crippen LogP contribution in [0.1, 0.15) is 11.1 Å². The van der Waals surface area contributed by atoms with Gasteiger partial charge in [0, 0.05) is 26.1 Å². The molecule has 2 aromatic carbocycles. The highest BCUT2D eigenvalue weighted by Gasteiger charge is 2.49. The van der Waals surface area contributed by atoms with Crippen molar-refractivity contribution in [1.29, 1.82) is 0 Å². The lowest BCUT2D eigenvalue weighted by Gasteiger charge is -2.55. The predicted molar refractivity (Wildman–Crippen MR) is 162 cm³/mol. The summed E-state index contributed by atoms with van der Waals surface area (Å²) in [5.74, 6) is 0.0667. The van der Waals surface area contributed by atoms with E-state index in [0.29, 0.717) is 32.6 Å². The van der Waals surface area contributed by atoms with E-state index in [1.165, 1.54) is 5.56 Å². The number of phenols is 1. The van der Waals surface area contributed by atoms with Gasteiger partial charge in [-0.2, -0.15) is 0 Å². The molecule has 4 unspecified atom stereocenters. The number of hydrogen-bond donors (Lipinski definition) is 1. The molecule has 0 radical (unpaired) electrons. The number of carbonyl (C=O) groups excluding carboxylic acids is 2. The number of amides is 2. The van der Waals surface area contributed by atoms with Gasteiger partial charge < -0.3 is 14.9 Å². The summed E-state index contributed by atoms with van der Waals surface area (Å²) in [6.07, 6.45) is 9.03. The molecule has 6 rings (SSSR count). The molecule has 0 aromatic heterocycles. The average molecular weight is 570 g/mol. The first-order valence-corrected chi connectivity index (χ1v) is 15.0. The van der Waals surface area contributed by atoms with Gasteiger partial charge in [-0.05, 0) is 35.3 Å². The SMILES string of the molecule is C=CCN1CC(=O)N2C(Cc3ccc(O)cc3)C(=O)N(CC3=CC=CC4SC=NC34)CC2N1CCc1ccccc1. The predicted octanol–water partition coefficient (Wildman–Crippen LogP) is 3.27. The Bertz CT molecular complexity index is 1380. The van der Waals surface area contributed by atoms with Crippen LogP contribution in [0, 0.1) is 0 Å². The molecule has 4 atom stereocenters. The molecular formula is C32H35N5O3S. The highest BCUT2D eigenvalue weighted by atomic mass is 32.2. The van der Waals surface area contributed by atoms with E-state index in [-0.39, 0.29) is 41.6 Å². The zero-order valence-corrected chi connectivity index (χ0v) is 23.8. The second-order valence-corrected chi connectivity index (χ2v) is 11.9. The lowest BCUT2D eigenvalue weighted by Crippen LogP contribution is -2.75. The van der Waals surface area contributed by atoms with Gasteiger partial charge in [0.1, 0.15) is 18.0 Å². The Balaban J connectivity index is 1.33. The number of aromatic hydroxyl groups is 1. The number of piperazine rings is 1. The van der Waals surface area contributed by atoms with Gasteiger partial charge in [-0.1, -0.05) is 66.8 Å². The highest BCUT2D eigenvalue weighted by molar-refractivity contribution is 8.13. The van der Waals surface area contributed by atoms with Crippen LogP contribution >= 0.6 is 11.8 Å². The minimum Gasteiger partial charge on any atom is -0.508 e. The third-order valence-corrected chi connectivity index (χ3v) is 9.22. The maximum absolute atomic E-state index is 14.2. The summed E-state index contributed by atoms with van der Waals surface area (Å²) >= 11 is 1.71. The fourth-order valence-corrected chi connectivity index (χ4v) is 7.15. The number of aliphatic imine (C=N–C) groups is 1. The smallest absolute Gasteiger partial charge is 0.246 e. The molecule has 0 spiro atoms. The van der Waals surface area contributed by atoms with Crippen molar-refractivity contribution in [3.05, 3.63) is 102 Å². The molecular weight excluding hydrogens is 534 g/mol. The number of hydrogen-bond acceptors (Lipinski definition) is 7. The van der Waals surface area contributed by atoms with Crippen LogP contribution in [0.4, 0.5) is 0 Å². The normalized spacial score (nSPS) is 26.2. The second kappa shape index (κ2) is 12.1. The van der Waals surface area contributed by atoms with Crippen molar-refractivity contribution >= 4 is 29.1 Å². The van der Waals surface area contributed by atoms with Gasteiger partial charge in [0.05, 0.1) is 29.9 Å². The second-order valence-electron chi connectivity index (χ2n) is 10.8. The monoisotopic (exact) mass is 569 g/mol. The Kier molecular flexibility index (Phi) is 8.09. The van der Waals surface area contributed by atoms with Gasteiger partial charge in [-0.3, -0.25) is 14.6 Å². The Morgan fingerprint density at radius 1 is 1.07 bits per heavy atom. The van der Waals surface area contributed by atoms with Crippen LogP contribution in [-0.2, 0) is 22.4 Å². The lowest BCUT2D eigenvalue weighted by atomic mass is 9.95. The molecule has 3 heterocycles. The Hall–Kier alpha value is -3.66. The van der Waals surface area contributed by atoms with Crippen molar-refractivity contribution in [2.45, 2.75) is 36.3 Å². The summed E-state index contributed by atoms with van der Waals surface area (Å²) < 4.78 is 0. The third-order valence-electron chi connectivity index (χ3n) is 8.24. The maximum Gasteiger partial charge on any atom is 0.246 e. The maximum atomic E-state index is 14.2. The minimum absolute atomic E-state index is 0.0332. The van der Waals surface area contributed by atoms with E-state index in [2.05, 4.69) is 47.0 Å². The number of carbonyl (C=O) groups is 2. The zero-order valence-electron chi connectivity index (χ0n) is 23.0. The minimum atomic E-state index is -0.645. The zero-order chi connectivity index (χ0) is 28.3. The third kappa shape index (κ3) is 5.75. The van der Waals surface area contributed by atoms with E-state index in [0.717, 1.165) is 17.6 Å². The highest BCUT2D eigenvalue weighted by Crippen LogP contribution is 2.34. The number of fused-ring (bicyclic) bond motifs is 2. The van der Waals surface area contributed by atoms with E-state index >= 15 is 0 Å². The van der Waals surface area contributed by atoms with Gasteiger partial charge >= 0.3 is 0 Å². The first-order valence-electron chi connectivity index (χ1n) is 14.1. The quantitative estimate of drug-likeness (QED) is 0.467. The average Bonchev–Trinajstić information content (AvgIpc) is 3.47. The number of hydrazine groups is 1. The Morgan fingerprint density at radius 2 is 1.88 bits per heavy atom. The summed E-state index contributed by atoms with van der Waals surface area (Å²) in [6.45, 7) is 6.28. The van der Waals surface area contributed by atoms with Crippen molar-refractivity contribution < 1.29 is 14.7 Å². The molecule has 4 aliphatic rings. The van der Waals surface area contributed by atoms with E-state index < -0.39 is 6.04 Å². The van der Waals surface area contributed by atoms with E-state index in [4.69, 9.17) is 4.99 Å².